The fourth-order valence-electron chi connectivity index (χ4n) is 5.36. The van der Waals surface area contributed by atoms with Crippen LogP contribution >= 0.6 is 23.1 Å². The summed E-state index contributed by atoms with van der Waals surface area (Å²) in [6, 6.07) is 25.2. The molecule has 7 rings (SSSR count). The van der Waals surface area contributed by atoms with Gasteiger partial charge in [0.2, 0.25) is 5.52 Å². The van der Waals surface area contributed by atoms with Crippen molar-refractivity contribution < 1.29 is 14.5 Å². The molecule has 0 saturated heterocycles. The van der Waals surface area contributed by atoms with Crippen LogP contribution < -0.4 is 9.47 Å². The van der Waals surface area contributed by atoms with E-state index in [9.17, 15) is 9.90 Å². The van der Waals surface area contributed by atoms with Gasteiger partial charge in [0.25, 0.3) is 5.01 Å². The number of thioether (sulfide) groups is 1. The zero-order valence-corrected chi connectivity index (χ0v) is 21.4. The third-order valence-corrected chi connectivity index (χ3v) is 9.73. The van der Waals surface area contributed by atoms with Crippen LogP contribution in [0.2, 0.25) is 0 Å². The molecule has 6 heteroatoms. The number of ketones is 1. The first kappa shape index (κ1) is 21.8. The maximum Gasteiger partial charge on any atom is 0.263 e. The van der Waals surface area contributed by atoms with Crippen LogP contribution in [0.4, 0.5) is 5.69 Å². The number of hydrogen-bond acceptors (Lipinski definition) is 5. The summed E-state index contributed by atoms with van der Waals surface area (Å²) < 4.78 is 3.29. The van der Waals surface area contributed by atoms with Crippen molar-refractivity contribution in [2.75, 3.05) is 11.9 Å². The second-order valence-corrected chi connectivity index (χ2v) is 11.6. The van der Waals surface area contributed by atoms with Gasteiger partial charge in [0.1, 0.15) is 17.9 Å². The summed E-state index contributed by atoms with van der Waals surface area (Å²) in [5.74, 6) is -0.0698. The van der Waals surface area contributed by atoms with Gasteiger partial charge < -0.3 is 10.0 Å². The van der Waals surface area contributed by atoms with Gasteiger partial charge in [-0.05, 0) is 35.0 Å². The number of aryl methyl sites for hydroxylation is 1. The molecule has 1 fully saturated rings. The molecule has 2 unspecified atom stereocenters. The van der Waals surface area contributed by atoms with E-state index in [1.54, 1.807) is 23.1 Å². The molecular formula is C30H23N2O2S2+. The summed E-state index contributed by atoms with van der Waals surface area (Å²) in [4.78, 5) is 16.6. The predicted octanol–water partition coefficient (Wildman–Crippen LogP) is 5.85. The quantitative estimate of drug-likeness (QED) is 0.240. The van der Waals surface area contributed by atoms with Crippen molar-refractivity contribution in [2.24, 2.45) is 7.05 Å². The fraction of sp³-hybridized carbons (Fsp3) is 0.133. The first-order valence-electron chi connectivity index (χ1n) is 11.9. The number of carbonyl (C=O) groups is 1. The normalized spacial score (nSPS) is 21.8. The lowest BCUT2D eigenvalue weighted by atomic mass is 9.80. The molecule has 1 saturated carbocycles. The van der Waals surface area contributed by atoms with Gasteiger partial charge in [-0.1, -0.05) is 77.7 Å². The van der Waals surface area contributed by atoms with Crippen LogP contribution in [0.3, 0.4) is 0 Å². The van der Waals surface area contributed by atoms with E-state index in [-0.39, 0.29) is 11.2 Å². The molecule has 1 aliphatic carbocycles. The molecule has 0 radical (unpaired) electrons. The van der Waals surface area contributed by atoms with Crippen molar-refractivity contribution in [1.82, 2.24) is 0 Å². The van der Waals surface area contributed by atoms with Crippen LogP contribution in [0, 0.1) is 0 Å². The number of thiazole rings is 1. The maximum absolute atomic E-state index is 13.2. The number of carbonyl (C=O) groups excluding carboxylic acids is 1. The monoisotopic (exact) mass is 507 g/mol. The largest absolute Gasteiger partial charge is 0.383 e. The summed E-state index contributed by atoms with van der Waals surface area (Å²) in [5.41, 5.74) is 3.27. The Morgan fingerprint density at radius 2 is 1.61 bits per heavy atom. The van der Waals surface area contributed by atoms with Crippen LogP contribution in [0.5, 0.6) is 0 Å². The van der Waals surface area contributed by atoms with Gasteiger partial charge in [0.05, 0.1) is 16.4 Å². The zero-order valence-electron chi connectivity index (χ0n) is 19.8. The van der Waals surface area contributed by atoms with Gasteiger partial charge in [0, 0.05) is 34.6 Å². The van der Waals surface area contributed by atoms with Crippen molar-refractivity contribution in [2.45, 2.75) is 16.4 Å². The van der Waals surface area contributed by atoms with E-state index in [4.69, 9.17) is 0 Å². The molecule has 176 valence electrons. The number of Topliss-reactive ketones (excluding diaryl/α,β-unsaturated/α-hetero) is 1. The van der Waals surface area contributed by atoms with Crippen molar-refractivity contribution in [3.63, 3.8) is 0 Å². The number of aromatic nitrogens is 1. The van der Waals surface area contributed by atoms with E-state index < -0.39 is 6.10 Å². The second-order valence-electron chi connectivity index (χ2n) is 9.34. The molecule has 36 heavy (non-hydrogen) atoms. The molecule has 1 aliphatic heterocycles. The molecule has 4 aromatic carbocycles. The van der Waals surface area contributed by atoms with Gasteiger partial charge in [-0.2, -0.15) is 4.57 Å². The molecule has 5 aromatic rings. The van der Waals surface area contributed by atoms with E-state index in [1.165, 1.54) is 32.1 Å². The van der Waals surface area contributed by atoms with Crippen LogP contribution in [0.25, 0.3) is 37.8 Å². The average molecular weight is 508 g/mol. The number of aliphatic hydroxyl groups excluding tert-OH is 1. The summed E-state index contributed by atoms with van der Waals surface area (Å²) in [7, 11) is 4.08. The third-order valence-electron chi connectivity index (χ3n) is 7.30. The van der Waals surface area contributed by atoms with Crippen LogP contribution in [-0.4, -0.2) is 29.4 Å². The molecule has 2 atom stereocenters. The van der Waals surface area contributed by atoms with Crippen LogP contribution in [-0.2, 0) is 11.8 Å². The smallest absolute Gasteiger partial charge is 0.263 e. The first-order chi connectivity index (χ1) is 17.5. The fourth-order valence-corrected chi connectivity index (χ4v) is 7.73. The lowest BCUT2D eigenvalue weighted by Gasteiger charge is -2.29. The third kappa shape index (κ3) is 3.11. The molecule has 1 aromatic heterocycles. The van der Waals surface area contributed by atoms with Gasteiger partial charge in [-0.3, -0.25) is 4.79 Å². The van der Waals surface area contributed by atoms with Crippen molar-refractivity contribution in [3.05, 3.63) is 95.0 Å². The summed E-state index contributed by atoms with van der Waals surface area (Å²) in [6.45, 7) is 0. The summed E-state index contributed by atoms with van der Waals surface area (Å²) >= 11 is 3.36. The topological polar surface area (TPSA) is 44.4 Å². The Bertz CT molecular complexity index is 1800. The van der Waals surface area contributed by atoms with E-state index in [2.05, 4.69) is 71.1 Å². The number of anilines is 1. The molecule has 0 spiro atoms. The molecule has 0 amide bonds. The van der Waals surface area contributed by atoms with E-state index in [0.29, 0.717) is 11.1 Å². The van der Waals surface area contributed by atoms with Crippen LogP contribution in [0.15, 0.2) is 94.9 Å². The number of nitrogens with zero attached hydrogens (tertiary/aromatic N) is 2. The highest BCUT2D eigenvalue weighted by Crippen LogP contribution is 2.48. The first-order valence-corrected chi connectivity index (χ1v) is 13.6. The van der Waals surface area contributed by atoms with E-state index in [0.717, 1.165) is 15.2 Å². The minimum atomic E-state index is -0.867. The Hall–Kier alpha value is -3.45. The number of hydrogen-bond donors (Lipinski definition) is 1. The minimum absolute atomic E-state index is 0.0345. The Kier molecular flexibility index (Phi) is 4.86. The van der Waals surface area contributed by atoms with E-state index >= 15 is 0 Å². The zero-order chi connectivity index (χ0) is 24.6. The summed E-state index contributed by atoms with van der Waals surface area (Å²) in [5, 5.41) is 16.7. The number of rotatable bonds is 2. The molecule has 2 heterocycles. The van der Waals surface area contributed by atoms with Gasteiger partial charge in [-0.25, -0.2) is 0 Å². The average Bonchev–Trinajstić information content (AvgIpc) is 3.41. The number of benzene rings is 4. The Balaban J connectivity index is 1.21. The standard InChI is InChI=1S/C30H23N2O2S2/c1-31-25(35-23-13-11-17-7-3-5-9-19(17)27(23)31)15-21-29(33)22(30(21)34)16-26-32(2)28-20-10-6-4-8-18(20)12-14-24(28)36-26/h3-16,25,29,33H,1-2H3/q+1. The minimum Gasteiger partial charge on any atom is -0.383 e. The van der Waals surface area contributed by atoms with Crippen molar-refractivity contribution in [1.29, 1.82) is 0 Å². The highest BCUT2D eigenvalue weighted by molar-refractivity contribution is 8.00. The van der Waals surface area contributed by atoms with E-state index in [1.807, 2.05) is 37.4 Å². The van der Waals surface area contributed by atoms with Gasteiger partial charge in [-0.15, -0.1) is 0 Å². The van der Waals surface area contributed by atoms with Gasteiger partial charge in [0.15, 0.2) is 5.78 Å². The van der Waals surface area contributed by atoms with Crippen molar-refractivity contribution >= 4 is 72.4 Å². The number of likely N-dealkylation sites (N-methyl/N-ethyl adjacent to an activating group) is 1. The highest BCUT2D eigenvalue weighted by atomic mass is 32.2. The molecule has 0 bridgehead atoms. The molecular weight excluding hydrogens is 484 g/mol. The second kappa shape index (κ2) is 8.03. The maximum atomic E-state index is 13.2. The lowest BCUT2D eigenvalue weighted by Crippen LogP contribution is -2.39. The molecule has 2 aliphatic rings. The Morgan fingerprint density at radius 1 is 0.917 bits per heavy atom. The Labute approximate surface area is 216 Å². The SMILES string of the molecule is CN1c2c(ccc3ccccc23)SC1C=C1C(=O)C(=Cc2sc3ccc4ccccc4c3[n+]2C)C1O. The lowest BCUT2D eigenvalue weighted by molar-refractivity contribution is -0.641. The molecule has 4 nitrogen and oxygen atoms in total. The Morgan fingerprint density at radius 3 is 2.39 bits per heavy atom. The predicted molar refractivity (Wildman–Crippen MR) is 150 cm³/mol. The number of fused-ring (bicyclic) bond motifs is 6. The molecule has 1 N–H and O–H groups in total. The highest BCUT2D eigenvalue weighted by Gasteiger charge is 2.41. The number of aliphatic hydroxyl groups is 1. The van der Waals surface area contributed by atoms with Crippen molar-refractivity contribution in [3.8, 4) is 0 Å². The van der Waals surface area contributed by atoms with Crippen LogP contribution in [0.1, 0.15) is 5.01 Å². The van der Waals surface area contributed by atoms with Gasteiger partial charge >= 0.3 is 0 Å². The summed E-state index contributed by atoms with van der Waals surface area (Å²) in [6.07, 6.45) is 2.92.